The van der Waals surface area contributed by atoms with Gasteiger partial charge in [-0.1, -0.05) is 7.43 Å². The predicted molar refractivity (Wildman–Crippen MR) is 61.0 cm³/mol. The minimum Gasteiger partial charge on any atom is -0.544 e. The lowest BCUT2D eigenvalue weighted by Gasteiger charge is -2.30. The Bertz CT molecular complexity index is 311. The zero-order valence-electron chi connectivity index (χ0n) is 9.32. The largest absolute Gasteiger partial charge is 0.544 e. The van der Waals surface area contributed by atoms with Gasteiger partial charge in [0.2, 0.25) is 10.0 Å². The third kappa shape index (κ3) is 11.4. The van der Waals surface area contributed by atoms with E-state index in [9.17, 15) is 18.3 Å². The number of nitrogens with one attached hydrogen (secondary N) is 1. The number of quaternary nitrogens is 1. The molecule has 0 spiro atoms. The molecule has 6 nitrogen and oxygen atoms in total. The Morgan fingerprint density at radius 2 is 1.88 bits per heavy atom. The van der Waals surface area contributed by atoms with E-state index in [-0.39, 0.29) is 18.5 Å². The van der Waals surface area contributed by atoms with Crippen molar-refractivity contribution in [1.29, 1.82) is 0 Å². The molecule has 0 heterocycles. The highest BCUT2D eigenvalue weighted by molar-refractivity contribution is 7.88. The molecule has 0 amide bonds. The monoisotopic (exact) mass is 254 g/mol. The van der Waals surface area contributed by atoms with Gasteiger partial charge in [-0.2, -0.15) is 0 Å². The molecule has 0 unspecified atom stereocenters. The molecule has 0 saturated carbocycles. The summed E-state index contributed by atoms with van der Waals surface area (Å²) in [5.41, 5.74) is 0. The van der Waals surface area contributed by atoms with E-state index in [2.05, 4.69) is 4.72 Å². The third-order valence-electron chi connectivity index (χ3n) is 1.86. The Labute approximate surface area is 97.9 Å². The maximum atomic E-state index is 10.7. The van der Waals surface area contributed by atoms with Crippen molar-refractivity contribution in [1.82, 2.24) is 4.72 Å². The highest BCUT2D eigenvalue weighted by Crippen LogP contribution is 1.97. The fourth-order valence-electron chi connectivity index (χ4n) is 1.19. The van der Waals surface area contributed by atoms with Crippen molar-refractivity contribution in [3.63, 3.8) is 0 Å². The van der Waals surface area contributed by atoms with Crippen molar-refractivity contribution in [2.45, 2.75) is 13.8 Å². The average molecular weight is 254 g/mol. The molecular formula is C9H22N2O4S. The van der Waals surface area contributed by atoms with Crippen LogP contribution < -0.4 is 9.83 Å². The first kappa shape index (κ1) is 17.7. The topological polar surface area (TPSA) is 86.3 Å². The first-order valence-electron chi connectivity index (χ1n) is 4.59. The molecule has 7 heteroatoms. The normalized spacial score (nSPS) is 11.9. The fraction of sp³-hybridized carbons (Fsp3) is 0.889. The van der Waals surface area contributed by atoms with Gasteiger partial charge >= 0.3 is 0 Å². The number of hydrogen-bond donors (Lipinski definition) is 1. The molecule has 0 aliphatic heterocycles. The summed E-state index contributed by atoms with van der Waals surface area (Å²) < 4.78 is 24.1. The molecule has 0 bridgehead atoms. The molecule has 98 valence electrons. The van der Waals surface area contributed by atoms with Gasteiger partial charge in [0.05, 0.1) is 32.9 Å². The number of rotatable bonds is 7. The van der Waals surface area contributed by atoms with Crippen molar-refractivity contribution in [2.24, 2.45) is 0 Å². The minimum absolute atomic E-state index is 0. The average Bonchev–Trinajstić information content (AvgIpc) is 1.93. The summed E-state index contributed by atoms with van der Waals surface area (Å²) in [6.07, 6.45) is 1.68. The van der Waals surface area contributed by atoms with Gasteiger partial charge in [0.15, 0.2) is 0 Å². The van der Waals surface area contributed by atoms with Crippen LogP contribution in [0.25, 0.3) is 0 Å². The summed E-state index contributed by atoms with van der Waals surface area (Å²) in [6.45, 7) is 0.836. The van der Waals surface area contributed by atoms with Gasteiger partial charge in [-0.3, -0.25) is 0 Å². The lowest BCUT2D eigenvalue weighted by atomic mass is 10.3. The molecule has 0 aromatic carbocycles. The Morgan fingerprint density at radius 3 is 2.25 bits per heavy atom. The van der Waals surface area contributed by atoms with E-state index in [1.165, 1.54) is 0 Å². The smallest absolute Gasteiger partial charge is 0.208 e. The van der Waals surface area contributed by atoms with Crippen LogP contribution in [0.5, 0.6) is 0 Å². The number of nitrogens with zero attached hydrogens (tertiary/aromatic N) is 1. The van der Waals surface area contributed by atoms with Crippen LogP contribution in [0.15, 0.2) is 0 Å². The summed E-state index contributed by atoms with van der Waals surface area (Å²) in [5, 5.41) is 10.4. The lowest BCUT2D eigenvalue weighted by molar-refractivity contribution is -0.884. The van der Waals surface area contributed by atoms with Gasteiger partial charge in [-0.25, -0.2) is 13.1 Å². The zero-order valence-corrected chi connectivity index (χ0v) is 10.1. The summed E-state index contributed by atoms with van der Waals surface area (Å²) in [5.74, 6) is -1.10. The number of carbonyl (C=O) groups is 1. The molecule has 0 aromatic rings. The molecule has 0 atom stereocenters. The second-order valence-corrected chi connectivity index (χ2v) is 6.04. The van der Waals surface area contributed by atoms with Crippen molar-refractivity contribution in [2.75, 3.05) is 40.0 Å². The molecule has 0 aromatic heterocycles. The minimum atomic E-state index is -3.15. The number of carboxylic acids is 1. The second-order valence-electron chi connectivity index (χ2n) is 4.21. The molecule has 0 radical (unpaired) electrons. The molecule has 0 rings (SSSR count). The van der Waals surface area contributed by atoms with Crippen LogP contribution in [-0.4, -0.2) is 58.9 Å². The first-order valence-corrected chi connectivity index (χ1v) is 6.48. The number of likely N-dealkylation sites (N-methyl/N-ethyl adjacent to an activating group) is 1. The van der Waals surface area contributed by atoms with Gasteiger partial charge in [0.25, 0.3) is 0 Å². The van der Waals surface area contributed by atoms with E-state index in [4.69, 9.17) is 0 Å². The molecule has 0 aliphatic carbocycles. The number of hydrogen-bond acceptors (Lipinski definition) is 4. The van der Waals surface area contributed by atoms with Crippen molar-refractivity contribution >= 4 is 16.0 Å². The van der Waals surface area contributed by atoms with Gasteiger partial charge in [0, 0.05) is 13.0 Å². The van der Waals surface area contributed by atoms with Gasteiger partial charge in [-0.05, 0) is 0 Å². The van der Waals surface area contributed by atoms with Gasteiger partial charge in [0.1, 0.15) is 6.54 Å². The Hall–Kier alpha value is -0.660. The maximum Gasteiger partial charge on any atom is 0.208 e. The number of carbonyl (C=O) groups excluding carboxylic acids is 1. The Balaban J connectivity index is 0. The van der Waals surface area contributed by atoms with Crippen molar-refractivity contribution in [3.05, 3.63) is 0 Å². The summed E-state index contributed by atoms with van der Waals surface area (Å²) in [7, 11) is 0.370. The van der Waals surface area contributed by atoms with Gasteiger partial charge in [-0.15, -0.1) is 0 Å². The zero-order chi connectivity index (χ0) is 12.1. The summed E-state index contributed by atoms with van der Waals surface area (Å²) in [6, 6.07) is 0. The molecule has 1 N–H and O–H groups in total. The summed E-state index contributed by atoms with van der Waals surface area (Å²) >= 11 is 0. The number of sulfonamides is 1. The Kier molecular flexibility index (Phi) is 7.56. The maximum absolute atomic E-state index is 10.7. The van der Waals surface area contributed by atoms with E-state index >= 15 is 0 Å². The molecular weight excluding hydrogens is 232 g/mol. The van der Waals surface area contributed by atoms with E-state index in [1.807, 2.05) is 0 Å². The van der Waals surface area contributed by atoms with Crippen LogP contribution in [0.1, 0.15) is 13.8 Å². The number of carboxylic acid groups (broad SMARTS) is 1. The number of aliphatic carboxylic acids is 1. The highest BCUT2D eigenvalue weighted by atomic mass is 32.2. The molecule has 0 saturated heterocycles. The first-order chi connectivity index (χ1) is 6.62. The van der Waals surface area contributed by atoms with Crippen LogP contribution >= 0.6 is 0 Å². The Morgan fingerprint density at radius 1 is 1.38 bits per heavy atom. The second kappa shape index (κ2) is 6.82. The fourth-order valence-corrected chi connectivity index (χ4v) is 1.71. The van der Waals surface area contributed by atoms with E-state index in [0.717, 1.165) is 6.26 Å². The quantitative estimate of drug-likeness (QED) is 0.437. The van der Waals surface area contributed by atoms with Gasteiger partial charge < -0.3 is 14.4 Å². The van der Waals surface area contributed by atoms with Crippen LogP contribution in [0.3, 0.4) is 0 Å². The highest BCUT2D eigenvalue weighted by Gasteiger charge is 2.14. The summed E-state index contributed by atoms with van der Waals surface area (Å²) in [4.78, 5) is 10.4. The van der Waals surface area contributed by atoms with Crippen LogP contribution in [0, 0.1) is 0 Å². The van der Waals surface area contributed by atoms with E-state index < -0.39 is 16.0 Å². The van der Waals surface area contributed by atoms with E-state index in [0.29, 0.717) is 19.5 Å². The van der Waals surface area contributed by atoms with Crippen LogP contribution in [0.2, 0.25) is 0 Å². The lowest BCUT2D eigenvalue weighted by Crippen LogP contribution is -2.49. The van der Waals surface area contributed by atoms with E-state index in [1.54, 1.807) is 14.1 Å². The van der Waals surface area contributed by atoms with Crippen LogP contribution in [-0.2, 0) is 14.8 Å². The van der Waals surface area contributed by atoms with Crippen molar-refractivity contribution < 1.29 is 22.8 Å². The SMILES string of the molecule is C.C[N+](C)(CCCNS(C)(=O)=O)CC(=O)[O-]. The molecule has 0 aliphatic rings. The standard InChI is InChI=1S/C8H18N2O4S.CH4/c1-10(2,7-8(11)12)6-4-5-9-15(3,13)14;/h9H,4-7H2,1-3H3;1H4. The van der Waals surface area contributed by atoms with Crippen molar-refractivity contribution in [3.8, 4) is 0 Å². The third-order valence-corrected chi connectivity index (χ3v) is 2.59. The molecule has 0 fully saturated rings. The molecule has 16 heavy (non-hydrogen) atoms. The van der Waals surface area contributed by atoms with Crippen LogP contribution in [0.4, 0.5) is 0 Å². The predicted octanol–water partition coefficient (Wildman–Crippen LogP) is -1.61.